The summed E-state index contributed by atoms with van der Waals surface area (Å²) in [5.41, 5.74) is 6.94. The van der Waals surface area contributed by atoms with Crippen LogP contribution in [0.1, 0.15) is 78.7 Å². The van der Waals surface area contributed by atoms with Gasteiger partial charge in [0.2, 0.25) is 0 Å². The molecule has 0 spiro atoms. The summed E-state index contributed by atoms with van der Waals surface area (Å²) in [7, 11) is 3.81. The molecule has 0 bridgehead atoms. The van der Waals surface area contributed by atoms with Crippen molar-refractivity contribution < 1.29 is 9.59 Å². The van der Waals surface area contributed by atoms with Crippen molar-refractivity contribution in [3.63, 3.8) is 0 Å². The normalized spacial score (nSPS) is 17.5. The maximum atomic E-state index is 13.3. The van der Waals surface area contributed by atoms with Gasteiger partial charge in [0, 0.05) is 61.4 Å². The summed E-state index contributed by atoms with van der Waals surface area (Å²) < 4.78 is 1.61. The molecule has 2 aliphatic rings. The van der Waals surface area contributed by atoms with Crippen molar-refractivity contribution in [1.29, 1.82) is 0 Å². The quantitative estimate of drug-likeness (QED) is 0.369. The molecule has 1 atom stereocenters. The number of aromatic nitrogens is 2. The van der Waals surface area contributed by atoms with Crippen molar-refractivity contribution >= 4 is 28.9 Å². The van der Waals surface area contributed by atoms with Gasteiger partial charge in [-0.15, -0.1) is 0 Å². The highest BCUT2D eigenvalue weighted by atomic mass is 16.2. The Hall–Kier alpha value is -4.50. The van der Waals surface area contributed by atoms with Gasteiger partial charge in [-0.05, 0) is 91.8 Å². The number of nitrogens with one attached hydrogen (secondary N) is 2. The second-order valence-electron chi connectivity index (χ2n) is 13.6. The van der Waals surface area contributed by atoms with Gasteiger partial charge in [0.15, 0.2) is 5.82 Å². The molecule has 1 saturated heterocycles. The standard InChI is InChI=1S/C37H46N6O3/c1-23-9-18-30(39-34(44)26-10-14-28(15-11-26)37(4,5)6)24(2)31(23)32-25(3)42(8)36(46)33(40-32)38-29-16-12-27(13-17-29)35(45)43-21-19-41(7)20-22-43/h10-18,23H,9,19-22H2,1-8H3,(H,38,40)(H,39,44). The third-order valence-corrected chi connectivity index (χ3v) is 9.25. The molecule has 1 unspecified atom stereocenters. The van der Waals surface area contributed by atoms with E-state index in [-0.39, 0.29) is 34.5 Å². The SMILES string of the molecule is CC1=C(c2nc(Nc3ccc(C(=O)N4CCN(C)CC4)cc3)c(=O)n(C)c2C)C(C)CC=C1NC(=O)c1ccc(C(C)(C)C)cc1. The molecule has 3 aromatic rings. The van der Waals surface area contributed by atoms with Crippen LogP contribution in [-0.4, -0.2) is 64.4 Å². The number of nitrogens with zero attached hydrogens (tertiary/aromatic N) is 4. The van der Waals surface area contributed by atoms with Crippen molar-refractivity contribution in [2.45, 2.75) is 53.4 Å². The van der Waals surface area contributed by atoms with Gasteiger partial charge in [-0.1, -0.05) is 45.9 Å². The van der Waals surface area contributed by atoms with Gasteiger partial charge in [0.25, 0.3) is 17.4 Å². The largest absolute Gasteiger partial charge is 0.336 e. The van der Waals surface area contributed by atoms with Crippen molar-refractivity contribution in [2.24, 2.45) is 13.0 Å². The zero-order valence-corrected chi connectivity index (χ0v) is 28.3. The molecular formula is C37H46N6O3. The number of carbonyl (C=O) groups is 2. The fraction of sp³-hybridized carbons (Fsp3) is 0.405. The van der Waals surface area contributed by atoms with E-state index in [2.05, 4.69) is 56.4 Å². The van der Waals surface area contributed by atoms with E-state index >= 15 is 0 Å². The Balaban J connectivity index is 1.39. The van der Waals surface area contributed by atoms with E-state index in [1.165, 1.54) is 5.56 Å². The van der Waals surface area contributed by atoms with Crippen molar-refractivity contribution in [2.75, 3.05) is 38.5 Å². The Morgan fingerprint density at radius 2 is 1.50 bits per heavy atom. The fourth-order valence-electron chi connectivity index (χ4n) is 6.02. The van der Waals surface area contributed by atoms with E-state index in [0.717, 1.165) is 42.0 Å². The predicted molar refractivity (Wildman–Crippen MR) is 184 cm³/mol. The Morgan fingerprint density at radius 1 is 0.891 bits per heavy atom. The molecular weight excluding hydrogens is 576 g/mol. The Kier molecular flexibility index (Phi) is 9.35. The lowest BCUT2D eigenvalue weighted by Crippen LogP contribution is -2.47. The topological polar surface area (TPSA) is 99.6 Å². The van der Waals surface area contributed by atoms with Crippen LogP contribution in [-0.2, 0) is 12.5 Å². The Labute approximate surface area is 272 Å². The summed E-state index contributed by atoms with van der Waals surface area (Å²) >= 11 is 0. The lowest BCUT2D eigenvalue weighted by Gasteiger charge is -2.32. The van der Waals surface area contributed by atoms with Gasteiger partial charge >= 0.3 is 0 Å². The number of amides is 2. The summed E-state index contributed by atoms with van der Waals surface area (Å²) in [5, 5.41) is 6.32. The first-order valence-corrected chi connectivity index (χ1v) is 16.0. The summed E-state index contributed by atoms with van der Waals surface area (Å²) in [4.78, 5) is 48.6. The Bertz CT molecular complexity index is 1750. The van der Waals surface area contributed by atoms with Crippen molar-refractivity contribution in [1.82, 2.24) is 24.7 Å². The third kappa shape index (κ3) is 6.84. The van der Waals surface area contributed by atoms with Crippen LogP contribution >= 0.6 is 0 Å². The van der Waals surface area contributed by atoms with Crippen LogP contribution in [0.2, 0.25) is 0 Å². The van der Waals surface area contributed by atoms with E-state index in [0.29, 0.717) is 35.6 Å². The number of rotatable bonds is 6. The Morgan fingerprint density at radius 3 is 2.11 bits per heavy atom. The van der Waals surface area contributed by atoms with Gasteiger partial charge in [-0.3, -0.25) is 14.4 Å². The van der Waals surface area contributed by atoms with E-state index in [9.17, 15) is 14.4 Å². The number of hydrogen-bond donors (Lipinski definition) is 2. The molecule has 9 nitrogen and oxygen atoms in total. The first-order valence-electron chi connectivity index (χ1n) is 16.0. The molecule has 9 heteroatoms. The first kappa shape index (κ1) is 32.9. The monoisotopic (exact) mass is 622 g/mol. The second-order valence-corrected chi connectivity index (χ2v) is 13.6. The van der Waals surface area contributed by atoms with E-state index in [1.54, 1.807) is 23.7 Å². The number of likely N-dealkylation sites (N-methyl/N-ethyl adjacent to an activating group) is 1. The van der Waals surface area contributed by atoms with Crippen LogP contribution < -0.4 is 16.2 Å². The zero-order chi connectivity index (χ0) is 33.3. The van der Waals surface area contributed by atoms with Gasteiger partial charge in [0.05, 0.1) is 5.69 Å². The lowest BCUT2D eigenvalue weighted by molar-refractivity contribution is 0.0664. The number of piperazine rings is 1. The van der Waals surface area contributed by atoms with E-state index < -0.39 is 0 Å². The van der Waals surface area contributed by atoms with Crippen molar-refractivity contribution in [3.05, 3.63) is 104 Å². The smallest absolute Gasteiger partial charge is 0.293 e. The molecule has 0 radical (unpaired) electrons. The molecule has 2 aromatic carbocycles. The molecule has 1 fully saturated rings. The van der Waals surface area contributed by atoms with E-state index in [4.69, 9.17) is 4.98 Å². The molecule has 1 aromatic heterocycles. The minimum Gasteiger partial charge on any atom is -0.336 e. The molecule has 2 N–H and O–H groups in total. The summed E-state index contributed by atoms with van der Waals surface area (Å²) in [6.45, 7) is 15.6. The maximum absolute atomic E-state index is 13.3. The predicted octanol–water partition coefficient (Wildman–Crippen LogP) is 5.64. The molecule has 5 rings (SSSR count). The number of benzene rings is 2. The van der Waals surface area contributed by atoms with Crippen LogP contribution in [0.15, 0.2) is 70.7 Å². The number of anilines is 2. The highest BCUT2D eigenvalue weighted by molar-refractivity contribution is 5.96. The summed E-state index contributed by atoms with van der Waals surface area (Å²) in [6, 6.07) is 14.9. The minimum atomic E-state index is -0.247. The highest BCUT2D eigenvalue weighted by Crippen LogP contribution is 2.36. The minimum absolute atomic E-state index is 0.00665. The highest BCUT2D eigenvalue weighted by Gasteiger charge is 2.26. The molecule has 2 heterocycles. The maximum Gasteiger partial charge on any atom is 0.293 e. The average Bonchev–Trinajstić information content (AvgIpc) is 3.03. The first-order chi connectivity index (χ1) is 21.7. The summed E-state index contributed by atoms with van der Waals surface area (Å²) in [6.07, 6.45) is 2.78. The molecule has 1 aliphatic carbocycles. The molecule has 2 amide bonds. The van der Waals surface area contributed by atoms with Gasteiger partial charge in [-0.2, -0.15) is 0 Å². The molecule has 1 aliphatic heterocycles. The van der Waals surface area contributed by atoms with Gasteiger partial charge < -0.3 is 25.0 Å². The van der Waals surface area contributed by atoms with Gasteiger partial charge in [0.1, 0.15) is 0 Å². The van der Waals surface area contributed by atoms with Crippen LogP contribution in [0, 0.1) is 12.8 Å². The van der Waals surface area contributed by atoms with Crippen LogP contribution in [0.4, 0.5) is 11.5 Å². The lowest BCUT2D eigenvalue weighted by atomic mass is 9.84. The van der Waals surface area contributed by atoms with Gasteiger partial charge in [-0.25, -0.2) is 4.98 Å². The van der Waals surface area contributed by atoms with Crippen LogP contribution in [0.3, 0.4) is 0 Å². The average molecular weight is 623 g/mol. The molecule has 46 heavy (non-hydrogen) atoms. The van der Waals surface area contributed by atoms with Crippen molar-refractivity contribution in [3.8, 4) is 0 Å². The number of carbonyl (C=O) groups excluding carboxylic acids is 2. The number of allylic oxidation sites excluding steroid dienone is 3. The third-order valence-electron chi connectivity index (χ3n) is 9.25. The second kappa shape index (κ2) is 13.1. The van der Waals surface area contributed by atoms with E-state index in [1.807, 2.05) is 55.1 Å². The molecule has 0 saturated carbocycles. The fourth-order valence-corrected chi connectivity index (χ4v) is 6.02. The number of hydrogen-bond acceptors (Lipinski definition) is 6. The zero-order valence-electron chi connectivity index (χ0n) is 28.3. The summed E-state index contributed by atoms with van der Waals surface area (Å²) in [5.74, 6) is 0.177. The van der Waals surface area contributed by atoms with Crippen LogP contribution in [0.5, 0.6) is 0 Å². The molecule has 242 valence electrons. The van der Waals surface area contributed by atoms with Crippen LogP contribution in [0.25, 0.3) is 5.57 Å².